The molecule has 1 amide bonds. The molecule has 0 bridgehead atoms. The van der Waals surface area contributed by atoms with Crippen LogP contribution in [0.3, 0.4) is 0 Å². The molecule has 1 atom stereocenters. The highest BCUT2D eigenvalue weighted by Crippen LogP contribution is 2.19. The predicted molar refractivity (Wildman–Crippen MR) is 85.7 cm³/mol. The van der Waals surface area contributed by atoms with Gasteiger partial charge in [-0.05, 0) is 48.6 Å². The van der Waals surface area contributed by atoms with Gasteiger partial charge in [-0.1, -0.05) is 18.2 Å². The van der Waals surface area contributed by atoms with Crippen LogP contribution in [0.15, 0.2) is 47.2 Å². The van der Waals surface area contributed by atoms with Gasteiger partial charge in [0.25, 0.3) is 5.91 Å². The standard InChI is InChI=1S/C16H20N2O2S/c1-18(2)15(13-8-9-21-12-13)10-17-16(19)11-20-14-6-4-3-5-7-14/h3-9,12,15H,10-11H2,1-2H3,(H,17,19)/t15-/m1/s1. The first-order valence-electron chi connectivity index (χ1n) is 6.80. The van der Waals surface area contributed by atoms with E-state index in [4.69, 9.17) is 4.74 Å². The number of ether oxygens (including phenoxy) is 1. The van der Waals surface area contributed by atoms with Crippen molar-refractivity contribution in [1.82, 2.24) is 10.2 Å². The van der Waals surface area contributed by atoms with E-state index >= 15 is 0 Å². The molecule has 5 heteroatoms. The number of rotatable bonds is 7. The zero-order valence-corrected chi connectivity index (χ0v) is 13.1. The molecule has 0 unspecified atom stereocenters. The van der Waals surface area contributed by atoms with Crippen molar-refractivity contribution in [3.8, 4) is 5.75 Å². The quantitative estimate of drug-likeness (QED) is 0.855. The van der Waals surface area contributed by atoms with E-state index in [0.717, 1.165) is 0 Å². The van der Waals surface area contributed by atoms with Gasteiger partial charge >= 0.3 is 0 Å². The Morgan fingerprint density at radius 2 is 2.05 bits per heavy atom. The first kappa shape index (κ1) is 15.5. The van der Waals surface area contributed by atoms with Gasteiger partial charge in [-0.15, -0.1) is 0 Å². The maximum Gasteiger partial charge on any atom is 0.258 e. The van der Waals surface area contributed by atoms with Gasteiger partial charge in [0.2, 0.25) is 0 Å². The van der Waals surface area contributed by atoms with Gasteiger partial charge < -0.3 is 15.0 Å². The SMILES string of the molecule is CN(C)[C@H](CNC(=O)COc1ccccc1)c1ccsc1. The smallest absolute Gasteiger partial charge is 0.258 e. The molecule has 4 nitrogen and oxygen atoms in total. The third-order valence-corrected chi connectivity index (χ3v) is 3.86. The number of benzene rings is 1. The van der Waals surface area contributed by atoms with Gasteiger partial charge in [-0.25, -0.2) is 0 Å². The fraction of sp³-hybridized carbons (Fsp3) is 0.312. The predicted octanol–water partition coefficient (Wildman–Crippen LogP) is 2.55. The van der Waals surface area contributed by atoms with Crippen LogP contribution in [0.4, 0.5) is 0 Å². The lowest BCUT2D eigenvalue weighted by Crippen LogP contribution is -2.36. The van der Waals surface area contributed by atoms with Crippen LogP contribution in [0.1, 0.15) is 11.6 Å². The normalized spacial score (nSPS) is 12.1. The Morgan fingerprint density at radius 3 is 2.67 bits per heavy atom. The topological polar surface area (TPSA) is 41.6 Å². The van der Waals surface area contributed by atoms with E-state index in [9.17, 15) is 4.79 Å². The molecule has 1 heterocycles. The van der Waals surface area contributed by atoms with Gasteiger partial charge in [0, 0.05) is 6.54 Å². The Hall–Kier alpha value is -1.85. The summed E-state index contributed by atoms with van der Waals surface area (Å²) < 4.78 is 5.43. The second-order valence-corrected chi connectivity index (χ2v) is 5.72. The molecule has 1 aromatic carbocycles. The molecule has 0 aliphatic rings. The van der Waals surface area contributed by atoms with Crippen LogP contribution < -0.4 is 10.1 Å². The number of amides is 1. The van der Waals surface area contributed by atoms with Crippen molar-refractivity contribution in [2.75, 3.05) is 27.2 Å². The molecule has 1 aromatic heterocycles. The Morgan fingerprint density at radius 1 is 1.29 bits per heavy atom. The number of hydrogen-bond donors (Lipinski definition) is 1. The average Bonchev–Trinajstić information content (AvgIpc) is 3.00. The minimum absolute atomic E-state index is 0.0355. The minimum atomic E-state index is -0.110. The van der Waals surface area contributed by atoms with Crippen molar-refractivity contribution >= 4 is 17.2 Å². The molecule has 0 saturated heterocycles. The van der Waals surface area contributed by atoms with Crippen molar-refractivity contribution in [2.24, 2.45) is 0 Å². The number of thiophene rings is 1. The number of carbonyl (C=O) groups is 1. The first-order chi connectivity index (χ1) is 10.2. The molecule has 2 rings (SSSR count). The van der Waals surface area contributed by atoms with Gasteiger partial charge in [-0.2, -0.15) is 11.3 Å². The van der Waals surface area contributed by atoms with E-state index < -0.39 is 0 Å². The fourth-order valence-corrected chi connectivity index (χ4v) is 2.70. The summed E-state index contributed by atoms with van der Waals surface area (Å²) in [5, 5.41) is 7.08. The minimum Gasteiger partial charge on any atom is -0.484 e. The zero-order valence-electron chi connectivity index (χ0n) is 12.3. The van der Waals surface area contributed by atoms with Crippen LogP contribution in [0.25, 0.3) is 0 Å². The van der Waals surface area contributed by atoms with Crippen LogP contribution in [0, 0.1) is 0 Å². The molecule has 0 fully saturated rings. The van der Waals surface area contributed by atoms with Gasteiger partial charge in [0.15, 0.2) is 6.61 Å². The summed E-state index contributed by atoms with van der Waals surface area (Å²) in [5.74, 6) is 0.593. The number of carbonyl (C=O) groups excluding carboxylic acids is 1. The van der Waals surface area contributed by atoms with E-state index in [1.807, 2.05) is 49.8 Å². The van der Waals surface area contributed by atoms with Crippen LogP contribution >= 0.6 is 11.3 Å². The number of nitrogens with zero attached hydrogens (tertiary/aromatic N) is 1. The lowest BCUT2D eigenvalue weighted by molar-refractivity contribution is -0.123. The van der Waals surface area contributed by atoms with Gasteiger partial charge in [-0.3, -0.25) is 4.79 Å². The summed E-state index contributed by atoms with van der Waals surface area (Å²) in [5.41, 5.74) is 1.22. The summed E-state index contributed by atoms with van der Waals surface area (Å²) in [6, 6.07) is 11.6. The molecule has 2 aromatic rings. The molecule has 112 valence electrons. The van der Waals surface area contributed by atoms with E-state index in [1.165, 1.54) is 5.56 Å². The van der Waals surface area contributed by atoms with Crippen molar-refractivity contribution in [1.29, 1.82) is 0 Å². The maximum atomic E-state index is 11.9. The van der Waals surface area contributed by atoms with Gasteiger partial charge in [0.05, 0.1) is 6.04 Å². The third-order valence-electron chi connectivity index (χ3n) is 3.16. The Bertz CT molecular complexity index is 541. The van der Waals surface area contributed by atoms with Gasteiger partial charge in [0.1, 0.15) is 5.75 Å². The molecular weight excluding hydrogens is 284 g/mol. The first-order valence-corrected chi connectivity index (χ1v) is 7.74. The summed E-state index contributed by atoms with van der Waals surface area (Å²) >= 11 is 1.66. The monoisotopic (exact) mass is 304 g/mol. The molecule has 0 saturated carbocycles. The van der Waals surface area contributed by atoms with E-state index in [2.05, 4.69) is 21.7 Å². The molecule has 0 radical (unpaired) electrons. The van der Waals surface area contributed by atoms with Crippen LogP contribution in [-0.4, -0.2) is 38.1 Å². The molecule has 21 heavy (non-hydrogen) atoms. The van der Waals surface area contributed by atoms with Crippen molar-refractivity contribution < 1.29 is 9.53 Å². The number of nitrogens with one attached hydrogen (secondary N) is 1. The van der Waals surface area contributed by atoms with Crippen molar-refractivity contribution in [3.63, 3.8) is 0 Å². The number of likely N-dealkylation sites (N-methyl/N-ethyl adjacent to an activating group) is 1. The number of para-hydroxylation sites is 1. The molecule has 0 spiro atoms. The molecular formula is C16H20N2O2S. The Balaban J connectivity index is 1.80. The number of hydrogen-bond acceptors (Lipinski definition) is 4. The lowest BCUT2D eigenvalue weighted by Gasteiger charge is -2.24. The Kier molecular flexibility index (Phi) is 5.78. The molecule has 0 aliphatic heterocycles. The van der Waals surface area contributed by atoms with E-state index in [1.54, 1.807) is 11.3 Å². The second-order valence-electron chi connectivity index (χ2n) is 4.94. The highest BCUT2D eigenvalue weighted by Gasteiger charge is 2.15. The summed E-state index contributed by atoms with van der Waals surface area (Å²) in [6.07, 6.45) is 0. The highest BCUT2D eigenvalue weighted by molar-refractivity contribution is 7.07. The summed E-state index contributed by atoms with van der Waals surface area (Å²) in [7, 11) is 4.02. The lowest BCUT2D eigenvalue weighted by atomic mass is 10.1. The van der Waals surface area contributed by atoms with Crippen LogP contribution in [0.2, 0.25) is 0 Å². The third kappa shape index (κ3) is 4.88. The fourth-order valence-electron chi connectivity index (χ4n) is 1.99. The molecule has 0 aliphatic carbocycles. The summed E-state index contributed by atoms with van der Waals surface area (Å²) in [4.78, 5) is 14.0. The molecule has 1 N–H and O–H groups in total. The van der Waals surface area contributed by atoms with Crippen molar-refractivity contribution in [3.05, 3.63) is 52.7 Å². The largest absolute Gasteiger partial charge is 0.484 e. The van der Waals surface area contributed by atoms with Crippen molar-refractivity contribution in [2.45, 2.75) is 6.04 Å². The second kappa shape index (κ2) is 7.81. The van der Waals surface area contributed by atoms with E-state index in [0.29, 0.717) is 12.3 Å². The van der Waals surface area contributed by atoms with Crippen LogP contribution in [0.5, 0.6) is 5.75 Å². The zero-order chi connectivity index (χ0) is 15.1. The average molecular weight is 304 g/mol. The Labute approximate surface area is 129 Å². The van der Waals surface area contributed by atoms with Crippen LogP contribution in [-0.2, 0) is 4.79 Å². The summed E-state index contributed by atoms with van der Waals surface area (Å²) in [6.45, 7) is 0.606. The van der Waals surface area contributed by atoms with E-state index in [-0.39, 0.29) is 18.6 Å². The maximum absolute atomic E-state index is 11.9. The highest BCUT2D eigenvalue weighted by atomic mass is 32.1.